The van der Waals surface area contributed by atoms with Gasteiger partial charge in [0.25, 0.3) is 0 Å². The molecule has 0 saturated carbocycles. The first-order valence-corrected chi connectivity index (χ1v) is 6.85. The molecule has 5 nitrogen and oxygen atoms in total. The molecule has 0 aliphatic rings. The molecule has 1 aromatic carbocycles. The van der Waals surface area contributed by atoms with Crippen LogP contribution in [0.15, 0.2) is 28.4 Å². The molecule has 106 valence electrons. The highest BCUT2D eigenvalue weighted by Crippen LogP contribution is 2.22. The lowest BCUT2D eigenvalue weighted by atomic mass is 10.1. The van der Waals surface area contributed by atoms with Crippen LogP contribution in [-0.4, -0.2) is 24.8 Å². The molecule has 0 atom stereocenters. The molecule has 0 N–H and O–H groups in total. The summed E-state index contributed by atoms with van der Waals surface area (Å²) in [6.45, 7) is 2.30. The number of benzene rings is 1. The predicted octanol–water partition coefficient (Wildman–Crippen LogP) is 2.06. The van der Waals surface area contributed by atoms with Crippen molar-refractivity contribution in [2.75, 3.05) is 14.2 Å². The highest BCUT2D eigenvalue weighted by atomic mass is 32.1. The monoisotopic (exact) mass is 293 g/mol. The Balaban J connectivity index is 2.38. The second-order valence-electron chi connectivity index (χ2n) is 4.25. The van der Waals surface area contributed by atoms with Gasteiger partial charge in [-0.05, 0) is 19.1 Å². The van der Waals surface area contributed by atoms with Crippen molar-refractivity contribution in [3.05, 3.63) is 50.1 Å². The van der Waals surface area contributed by atoms with E-state index in [1.165, 1.54) is 25.6 Å². The van der Waals surface area contributed by atoms with Crippen molar-refractivity contribution >= 4 is 17.3 Å². The minimum Gasteiger partial charge on any atom is -0.496 e. The van der Waals surface area contributed by atoms with Crippen molar-refractivity contribution in [2.24, 2.45) is 0 Å². The van der Waals surface area contributed by atoms with Crippen LogP contribution in [0.25, 0.3) is 0 Å². The second-order valence-corrected chi connectivity index (χ2v) is 5.07. The van der Waals surface area contributed by atoms with Gasteiger partial charge >= 0.3 is 10.8 Å². The Hall–Kier alpha value is -2.08. The molecule has 0 amide bonds. The average molecular weight is 293 g/mol. The van der Waals surface area contributed by atoms with Gasteiger partial charge in [0.15, 0.2) is 0 Å². The minimum atomic E-state index is -0.418. The summed E-state index contributed by atoms with van der Waals surface area (Å²) in [4.78, 5) is 23.2. The van der Waals surface area contributed by atoms with Crippen LogP contribution < -0.4 is 9.61 Å². The quantitative estimate of drug-likeness (QED) is 0.810. The maximum atomic E-state index is 11.7. The fraction of sp³-hybridized carbons (Fsp3) is 0.286. The third-order valence-corrected chi connectivity index (χ3v) is 3.89. The van der Waals surface area contributed by atoms with Crippen molar-refractivity contribution in [3.8, 4) is 5.75 Å². The Morgan fingerprint density at radius 3 is 2.65 bits per heavy atom. The minimum absolute atomic E-state index is 0.0124. The predicted molar refractivity (Wildman–Crippen MR) is 76.8 cm³/mol. The zero-order valence-corrected chi connectivity index (χ0v) is 12.3. The highest BCUT2D eigenvalue weighted by molar-refractivity contribution is 7.07. The Labute approximate surface area is 120 Å². The molecule has 0 saturated heterocycles. The summed E-state index contributed by atoms with van der Waals surface area (Å²) in [6.07, 6.45) is 0. The lowest BCUT2D eigenvalue weighted by Crippen LogP contribution is -2.16. The van der Waals surface area contributed by atoms with Gasteiger partial charge in [-0.15, -0.1) is 0 Å². The number of rotatable bonds is 4. The summed E-state index contributed by atoms with van der Waals surface area (Å²) in [6, 6.07) is 5.05. The Morgan fingerprint density at radius 2 is 2.10 bits per heavy atom. The van der Waals surface area contributed by atoms with Gasteiger partial charge in [0.2, 0.25) is 0 Å². The smallest absolute Gasteiger partial charge is 0.337 e. The molecule has 0 aliphatic carbocycles. The van der Waals surface area contributed by atoms with E-state index in [4.69, 9.17) is 4.74 Å². The molecule has 0 unspecified atom stereocenters. The SMILES string of the molecule is COC(=O)c1ccc(Cn2c(C)csc2=O)c(OC)c1. The van der Waals surface area contributed by atoms with Gasteiger partial charge in [0.1, 0.15) is 5.75 Å². The molecule has 2 aromatic rings. The number of carbonyl (C=O) groups excluding carboxylic acids is 1. The molecule has 2 rings (SSSR count). The van der Waals surface area contributed by atoms with E-state index in [0.717, 1.165) is 11.3 Å². The number of carbonyl (C=O) groups is 1. The van der Waals surface area contributed by atoms with E-state index >= 15 is 0 Å². The van der Waals surface area contributed by atoms with Crippen molar-refractivity contribution in [1.82, 2.24) is 4.57 Å². The molecule has 6 heteroatoms. The second kappa shape index (κ2) is 5.92. The molecular weight excluding hydrogens is 278 g/mol. The van der Waals surface area contributed by atoms with Gasteiger partial charge in [-0.25, -0.2) is 4.79 Å². The van der Waals surface area contributed by atoms with Crippen LogP contribution in [0.1, 0.15) is 21.6 Å². The van der Waals surface area contributed by atoms with Crippen LogP contribution in [-0.2, 0) is 11.3 Å². The summed E-state index contributed by atoms with van der Waals surface area (Å²) in [5, 5.41) is 1.82. The van der Waals surface area contributed by atoms with Crippen LogP contribution in [0.2, 0.25) is 0 Å². The maximum absolute atomic E-state index is 11.7. The first-order valence-electron chi connectivity index (χ1n) is 5.97. The van der Waals surface area contributed by atoms with E-state index in [9.17, 15) is 9.59 Å². The third-order valence-electron chi connectivity index (χ3n) is 3.01. The van der Waals surface area contributed by atoms with Gasteiger partial charge in [-0.1, -0.05) is 17.4 Å². The fourth-order valence-electron chi connectivity index (χ4n) is 1.89. The Bertz CT molecular complexity index is 687. The molecule has 0 spiro atoms. The summed E-state index contributed by atoms with van der Waals surface area (Å²) in [5.41, 5.74) is 2.16. The summed E-state index contributed by atoms with van der Waals surface area (Å²) < 4.78 is 11.6. The normalized spacial score (nSPS) is 10.3. The highest BCUT2D eigenvalue weighted by Gasteiger charge is 2.12. The largest absolute Gasteiger partial charge is 0.496 e. The molecular formula is C14H15NO4S. The van der Waals surface area contributed by atoms with Crippen LogP contribution >= 0.6 is 11.3 Å². The molecule has 0 bridgehead atoms. The van der Waals surface area contributed by atoms with Crippen molar-refractivity contribution in [2.45, 2.75) is 13.5 Å². The van der Waals surface area contributed by atoms with Crippen molar-refractivity contribution < 1.29 is 14.3 Å². The van der Waals surface area contributed by atoms with Gasteiger partial charge in [-0.2, -0.15) is 0 Å². The number of esters is 1. The number of methoxy groups -OCH3 is 2. The van der Waals surface area contributed by atoms with Crippen molar-refractivity contribution in [3.63, 3.8) is 0 Å². The van der Waals surface area contributed by atoms with Gasteiger partial charge in [0, 0.05) is 16.6 Å². The lowest BCUT2D eigenvalue weighted by molar-refractivity contribution is 0.0600. The van der Waals surface area contributed by atoms with Gasteiger partial charge in [-0.3, -0.25) is 9.36 Å². The molecule has 1 heterocycles. The maximum Gasteiger partial charge on any atom is 0.337 e. The summed E-state index contributed by atoms with van der Waals surface area (Å²) in [5.74, 6) is 0.143. The zero-order valence-electron chi connectivity index (χ0n) is 11.5. The van der Waals surface area contributed by atoms with E-state index < -0.39 is 5.97 Å². The molecule has 0 fully saturated rings. The third kappa shape index (κ3) is 2.75. The fourth-order valence-corrected chi connectivity index (χ4v) is 2.62. The first-order chi connectivity index (χ1) is 9.56. The molecule has 1 aromatic heterocycles. The number of hydrogen-bond acceptors (Lipinski definition) is 5. The van der Waals surface area contributed by atoms with Gasteiger partial charge in [0.05, 0.1) is 26.3 Å². The molecule has 0 aliphatic heterocycles. The van der Waals surface area contributed by atoms with Crippen LogP contribution in [0.4, 0.5) is 0 Å². The van der Waals surface area contributed by atoms with Crippen molar-refractivity contribution in [1.29, 1.82) is 0 Å². The lowest BCUT2D eigenvalue weighted by Gasteiger charge is -2.11. The number of nitrogens with zero attached hydrogens (tertiary/aromatic N) is 1. The van der Waals surface area contributed by atoms with E-state index in [1.54, 1.807) is 22.8 Å². The standard InChI is InChI=1S/C14H15NO4S/c1-9-8-20-14(17)15(9)7-11-5-4-10(13(16)19-3)6-12(11)18-2/h4-6,8H,7H2,1-3H3. The summed E-state index contributed by atoms with van der Waals surface area (Å²) in [7, 11) is 2.86. The van der Waals surface area contributed by atoms with E-state index in [2.05, 4.69) is 4.74 Å². The van der Waals surface area contributed by atoms with E-state index in [0.29, 0.717) is 17.9 Å². The average Bonchev–Trinajstić information content (AvgIpc) is 2.78. The molecule has 0 radical (unpaired) electrons. The number of aryl methyl sites for hydroxylation is 1. The van der Waals surface area contributed by atoms with E-state index in [1.807, 2.05) is 12.3 Å². The summed E-state index contributed by atoms with van der Waals surface area (Å²) >= 11 is 1.17. The first kappa shape index (κ1) is 14.3. The van der Waals surface area contributed by atoms with Gasteiger partial charge < -0.3 is 9.47 Å². The Morgan fingerprint density at radius 1 is 1.35 bits per heavy atom. The van der Waals surface area contributed by atoms with E-state index in [-0.39, 0.29) is 4.87 Å². The number of thiazole rings is 1. The van der Waals surface area contributed by atoms with Crippen LogP contribution in [0.5, 0.6) is 5.75 Å². The number of aromatic nitrogens is 1. The molecule has 20 heavy (non-hydrogen) atoms. The zero-order chi connectivity index (χ0) is 14.7. The topological polar surface area (TPSA) is 57.5 Å². The van der Waals surface area contributed by atoms with Crippen LogP contribution in [0, 0.1) is 6.92 Å². The number of hydrogen-bond donors (Lipinski definition) is 0. The van der Waals surface area contributed by atoms with Crippen LogP contribution in [0.3, 0.4) is 0 Å². The Kier molecular flexibility index (Phi) is 4.24. The number of ether oxygens (including phenoxy) is 2.